The minimum absolute atomic E-state index is 0.0739. The maximum Gasteiger partial charge on any atom is 0.295 e. The molecule has 26 heavy (non-hydrogen) atoms. The summed E-state index contributed by atoms with van der Waals surface area (Å²) in [5, 5.41) is 28.8. The van der Waals surface area contributed by atoms with Crippen molar-refractivity contribution >= 4 is 38.0 Å². The van der Waals surface area contributed by atoms with Crippen LogP contribution < -0.4 is 0 Å². The number of aromatic hydroxyl groups is 1. The Bertz CT molecular complexity index is 1140. The number of nitro benzene ring substituents is 1. The van der Waals surface area contributed by atoms with Gasteiger partial charge < -0.3 is 5.11 Å². The van der Waals surface area contributed by atoms with E-state index in [1.54, 1.807) is 0 Å². The molecule has 0 spiro atoms. The summed E-state index contributed by atoms with van der Waals surface area (Å²) in [5.41, 5.74) is 0.515. The fourth-order valence-electron chi connectivity index (χ4n) is 2.39. The molecule has 2 N–H and O–H groups in total. The van der Waals surface area contributed by atoms with Gasteiger partial charge in [-0.25, -0.2) is 0 Å². The molecule has 0 saturated heterocycles. The summed E-state index contributed by atoms with van der Waals surface area (Å²) in [7, 11) is -4.54. The summed E-state index contributed by atoms with van der Waals surface area (Å²) in [6.07, 6.45) is 0. The molecule has 0 aliphatic rings. The summed E-state index contributed by atoms with van der Waals surface area (Å²) in [6, 6.07) is 12.1. The van der Waals surface area contributed by atoms with Crippen molar-refractivity contribution in [1.82, 2.24) is 0 Å². The first-order valence-corrected chi connectivity index (χ1v) is 8.60. The molecule has 0 aliphatic heterocycles. The smallest absolute Gasteiger partial charge is 0.295 e. The van der Waals surface area contributed by atoms with E-state index >= 15 is 0 Å². The maximum atomic E-state index is 11.5. The third kappa shape index (κ3) is 3.36. The molecule has 0 amide bonds. The monoisotopic (exact) mass is 373 g/mol. The van der Waals surface area contributed by atoms with Gasteiger partial charge in [-0.1, -0.05) is 12.1 Å². The number of nitro groups is 1. The second-order valence-electron chi connectivity index (χ2n) is 5.23. The van der Waals surface area contributed by atoms with Crippen LogP contribution in [0.4, 0.5) is 17.1 Å². The van der Waals surface area contributed by atoms with Gasteiger partial charge in [0.1, 0.15) is 10.6 Å². The van der Waals surface area contributed by atoms with Gasteiger partial charge in [0.25, 0.3) is 15.8 Å². The maximum absolute atomic E-state index is 11.5. The van der Waals surface area contributed by atoms with Gasteiger partial charge in [-0.3, -0.25) is 14.7 Å². The third-order valence-electron chi connectivity index (χ3n) is 3.57. The lowest BCUT2D eigenvalue weighted by Crippen LogP contribution is -1.99. The molecular weight excluding hydrogens is 362 g/mol. The van der Waals surface area contributed by atoms with E-state index in [0.29, 0.717) is 5.69 Å². The lowest BCUT2D eigenvalue weighted by Gasteiger charge is -2.07. The van der Waals surface area contributed by atoms with Gasteiger partial charge in [-0.15, -0.1) is 5.11 Å². The molecule has 3 aromatic rings. The lowest BCUT2D eigenvalue weighted by atomic mass is 10.1. The average Bonchev–Trinajstić information content (AvgIpc) is 2.60. The van der Waals surface area contributed by atoms with Crippen molar-refractivity contribution in [2.45, 2.75) is 4.90 Å². The third-order valence-corrected chi connectivity index (χ3v) is 4.47. The van der Waals surface area contributed by atoms with Crippen LogP contribution >= 0.6 is 0 Å². The van der Waals surface area contributed by atoms with Crippen molar-refractivity contribution in [1.29, 1.82) is 0 Å². The molecule has 0 aliphatic carbocycles. The molecule has 0 aromatic heterocycles. The summed E-state index contributed by atoms with van der Waals surface area (Å²) in [6.45, 7) is 0. The van der Waals surface area contributed by atoms with Crippen LogP contribution in [0.25, 0.3) is 10.8 Å². The first-order valence-electron chi connectivity index (χ1n) is 7.16. The highest BCUT2D eigenvalue weighted by atomic mass is 32.2. The first-order chi connectivity index (χ1) is 12.3. The van der Waals surface area contributed by atoms with Crippen LogP contribution in [0, 0.1) is 10.1 Å². The molecule has 0 atom stereocenters. The number of phenolic OH excluding ortho intramolecular Hbond substituents is 1. The molecule has 3 rings (SSSR count). The fourth-order valence-corrected chi connectivity index (χ4v) is 3.12. The van der Waals surface area contributed by atoms with Gasteiger partial charge in [0.05, 0.1) is 16.3 Å². The zero-order chi connectivity index (χ0) is 18.9. The molecule has 0 heterocycles. The molecule has 0 radical (unpaired) electrons. The fraction of sp³-hybridized carbons (Fsp3) is 0. The van der Waals surface area contributed by atoms with Gasteiger partial charge in [-0.05, 0) is 30.3 Å². The highest BCUT2D eigenvalue weighted by molar-refractivity contribution is 7.86. The Morgan fingerprint density at radius 2 is 1.65 bits per heavy atom. The zero-order valence-electron chi connectivity index (χ0n) is 13.0. The number of hydrogen-bond acceptors (Lipinski definition) is 7. The predicted molar refractivity (Wildman–Crippen MR) is 92.7 cm³/mol. The molecule has 0 saturated carbocycles. The molecule has 9 nitrogen and oxygen atoms in total. The number of phenols is 1. The normalized spacial score (nSPS) is 11.9. The van der Waals surface area contributed by atoms with Crippen LogP contribution in [0.15, 0.2) is 69.7 Å². The number of hydrogen-bond donors (Lipinski definition) is 2. The van der Waals surface area contributed by atoms with Gasteiger partial charge in [0.2, 0.25) is 0 Å². The number of benzene rings is 3. The number of nitrogens with zero attached hydrogens (tertiary/aromatic N) is 3. The Labute approximate surface area is 147 Å². The van der Waals surface area contributed by atoms with Gasteiger partial charge >= 0.3 is 0 Å². The SMILES string of the molecule is O=[N+]([O-])c1ccc(N=Nc2ccc(O)c3c(S(=O)(=O)O)cccc23)cc1. The second kappa shape index (κ2) is 6.50. The van der Waals surface area contributed by atoms with Crippen LogP contribution in [0.3, 0.4) is 0 Å². The minimum Gasteiger partial charge on any atom is -0.507 e. The second-order valence-corrected chi connectivity index (χ2v) is 6.62. The Hall–Kier alpha value is -3.37. The molecule has 132 valence electrons. The van der Waals surface area contributed by atoms with Crippen molar-refractivity contribution in [3.8, 4) is 5.75 Å². The largest absolute Gasteiger partial charge is 0.507 e. The highest BCUT2D eigenvalue weighted by Gasteiger charge is 2.18. The molecule has 10 heteroatoms. The van der Waals surface area contributed by atoms with Crippen molar-refractivity contribution in [2.75, 3.05) is 0 Å². The molecular formula is C16H11N3O6S. The van der Waals surface area contributed by atoms with E-state index in [2.05, 4.69) is 10.2 Å². The molecule has 0 bridgehead atoms. The van der Waals surface area contributed by atoms with Crippen LogP contribution in [0.5, 0.6) is 5.75 Å². The topological polar surface area (TPSA) is 142 Å². The van der Waals surface area contributed by atoms with Crippen molar-refractivity contribution < 1.29 is 23.0 Å². The van der Waals surface area contributed by atoms with E-state index in [-0.39, 0.29) is 27.9 Å². The van der Waals surface area contributed by atoms with E-state index in [9.17, 15) is 28.2 Å². The van der Waals surface area contributed by atoms with Crippen molar-refractivity contribution in [3.05, 3.63) is 64.7 Å². The summed E-state index contributed by atoms with van der Waals surface area (Å²) in [5.74, 6) is -0.331. The summed E-state index contributed by atoms with van der Waals surface area (Å²) < 4.78 is 32.4. The van der Waals surface area contributed by atoms with E-state index in [1.807, 2.05) is 0 Å². The Morgan fingerprint density at radius 1 is 0.962 bits per heavy atom. The predicted octanol–water partition coefficient (Wildman–Crippen LogP) is 4.12. The zero-order valence-corrected chi connectivity index (χ0v) is 13.8. The Morgan fingerprint density at radius 3 is 2.27 bits per heavy atom. The van der Waals surface area contributed by atoms with Crippen LogP contribution in [0.2, 0.25) is 0 Å². The molecule has 0 unspecified atom stereocenters. The van der Waals surface area contributed by atoms with Crippen LogP contribution in [-0.4, -0.2) is 23.0 Å². The van der Waals surface area contributed by atoms with Gasteiger partial charge in [0.15, 0.2) is 0 Å². The summed E-state index contributed by atoms with van der Waals surface area (Å²) >= 11 is 0. The first kappa shape index (κ1) is 17.5. The van der Waals surface area contributed by atoms with Gasteiger partial charge in [0, 0.05) is 22.9 Å². The number of rotatable bonds is 4. The quantitative estimate of drug-likeness (QED) is 0.305. The Kier molecular flexibility index (Phi) is 4.36. The van der Waals surface area contributed by atoms with Crippen LogP contribution in [-0.2, 0) is 10.1 Å². The summed E-state index contributed by atoms with van der Waals surface area (Å²) in [4.78, 5) is 9.66. The van der Waals surface area contributed by atoms with Gasteiger partial charge in [-0.2, -0.15) is 13.5 Å². The number of non-ortho nitro benzene ring substituents is 1. The molecule has 0 fully saturated rings. The standard InChI is InChI=1S/C16H11N3O6S/c20-14-9-8-13(12-2-1-3-15(16(12)14)26(23,24)25)18-17-10-4-6-11(7-5-10)19(21)22/h1-9,20H,(H,23,24,25). The van der Waals surface area contributed by atoms with Crippen molar-refractivity contribution in [2.24, 2.45) is 10.2 Å². The van der Waals surface area contributed by atoms with Crippen LogP contribution in [0.1, 0.15) is 0 Å². The van der Waals surface area contributed by atoms with E-state index in [0.717, 1.165) is 6.07 Å². The van der Waals surface area contributed by atoms with Crippen molar-refractivity contribution in [3.63, 3.8) is 0 Å². The average molecular weight is 373 g/mol. The lowest BCUT2D eigenvalue weighted by molar-refractivity contribution is -0.384. The van der Waals surface area contributed by atoms with E-state index in [4.69, 9.17) is 0 Å². The minimum atomic E-state index is -4.54. The molecule has 3 aromatic carbocycles. The van der Waals surface area contributed by atoms with E-state index in [1.165, 1.54) is 48.5 Å². The Balaban J connectivity index is 2.09. The van der Waals surface area contributed by atoms with E-state index < -0.39 is 19.9 Å². The number of fused-ring (bicyclic) bond motifs is 1. The number of azo groups is 1. The highest BCUT2D eigenvalue weighted by Crippen LogP contribution is 2.37.